The Labute approximate surface area is 275 Å². The standard InChI is InChI=1S/C32H30Cl2N2O6S2/c33-26-4-1-3-24(29(26)34)25-19-21(5-10-27(25)42-18-14-35-12-16-40-17-13-35)20-28-30(37)36(32(43)44-28)11-2-15-41-23-8-6-22(7-9-23)31(38)39/h1,3-10,19-20H,2,11-18H2,(H,38,39)/b28-20-. The van der Waals surface area contributed by atoms with Crippen molar-refractivity contribution in [3.05, 3.63) is 86.7 Å². The van der Waals surface area contributed by atoms with E-state index in [9.17, 15) is 9.59 Å². The van der Waals surface area contributed by atoms with Crippen molar-refractivity contribution in [2.75, 3.05) is 52.6 Å². The molecule has 0 aromatic heterocycles. The Morgan fingerprint density at radius 2 is 1.77 bits per heavy atom. The van der Waals surface area contributed by atoms with Gasteiger partial charge in [0.15, 0.2) is 0 Å². The summed E-state index contributed by atoms with van der Waals surface area (Å²) in [6, 6.07) is 17.4. The molecule has 2 saturated heterocycles. The number of benzene rings is 3. The maximum absolute atomic E-state index is 13.3. The van der Waals surface area contributed by atoms with E-state index in [4.69, 9.17) is 54.7 Å². The van der Waals surface area contributed by atoms with Gasteiger partial charge in [-0.1, -0.05) is 65.4 Å². The highest BCUT2D eigenvalue weighted by Crippen LogP contribution is 2.40. The van der Waals surface area contributed by atoms with Crippen molar-refractivity contribution in [3.63, 3.8) is 0 Å². The summed E-state index contributed by atoms with van der Waals surface area (Å²) in [5.74, 6) is 0.0698. The summed E-state index contributed by atoms with van der Waals surface area (Å²) >= 11 is 19.7. The van der Waals surface area contributed by atoms with Crippen LogP contribution in [0.15, 0.2) is 65.6 Å². The number of thioether (sulfide) groups is 1. The topological polar surface area (TPSA) is 88.5 Å². The van der Waals surface area contributed by atoms with Crippen LogP contribution in [0.1, 0.15) is 22.3 Å². The third kappa shape index (κ3) is 8.12. The lowest BCUT2D eigenvalue weighted by molar-refractivity contribution is -0.122. The Morgan fingerprint density at radius 3 is 2.52 bits per heavy atom. The van der Waals surface area contributed by atoms with Gasteiger partial charge in [0.05, 0.1) is 40.3 Å². The quantitative estimate of drug-likeness (QED) is 0.128. The molecule has 0 spiro atoms. The number of thiocarbonyl (C=S) groups is 1. The molecule has 5 rings (SSSR count). The zero-order valence-electron chi connectivity index (χ0n) is 23.7. The number of aromatic carboxylic acids is 1. The Bertz CT molecular complexity index is 1560. The number of carbonyl (C=O) groups is 2. The average Bonchev–Trinajstić information content (AvgIpc) is 3.29. The van der Waals surface area contributed by atoms with Crippen LogP contribution in [-0.4, -0.2) is 83.7 Å². The Morgan fingerprint density at radius 1 is 1.00 bits per heavy atom. The molecule has 230 valence electrons. The first-order valence-corrected chi connectivity index (χ1v) is 16.0. The average molecular weight is 674 g/mol. The van der Waals surface area contributed by atoms with Gasteiger partial charge in [0.25, 0.3) is 5.91 Å². The number of amides is 1. The van der Waals surface area contributed by atoms with Crippen molar-refractivity contribution in [2.24, 2.45) is 0 Å². The maximum atomic E-state index is 13.3. The first-order chi connectivity index (χ1) is 21.3. The van der Waals surface area contributed by atoms with E-state index in [1.807, 2.05) is 36.4 Å². The lowest BCUT2D eigenvalue weighted by atomic mass is 10.0. The number of rotatable bonds is 12. The van der Waals surface area contributed by atoms with Gasteiger partial charge in [-0.25, -0.2) is 4.79 Å². The SMILES string of the molecule is O=C(O)c1ccc(OCCCN2C(=O)/C(=C/c3ccc(OCCN4CCOCC4)c(-c4cccc(Cl)c4Cl)c3)SC2=S)cc1. The van der Waals surface area contributed by atoms with Gasteiger partial charge < -0.3 is 19.3 Å². The predicted octanol–water partition coefficient (Wildman–Crippen LogP) is 6.74. The predicted molar refractivity (Wildman–Crippen MR) is 178 cm³/mol. The van der Waals surface area contributed by atoms with Crippen LogP contribution < -0.4 is 9.47 Å². The van der Waals surface area contributed by atoms with E-state index in [-0.39, 0.29) is 11.5 Å². The second-order valence-electron chi connectivity index (χ2n) is 10.0. The Hall–Kier alpha value is -3.12. The van der Waals surface area contributed by atoms with Crippen LogP contribution in [-0.2, 0) is 9.53 Å². The van der Waals surface area contributed by atoms with Gasteiger partial charge in [-0.15, -0.1) is 0 Å². The van der Waals surface area contributed by atoms with Gasteiger partial charge >= 0.3 is 5.97 Å². The number of hydrogen-bond donors (Lipinski definition) is 1. The second kappa shape index (κ2) is 15.2. The third-order valence-electron chi connectivity index (χ3n) is 7.08. The summed E-state index contributed by atoms with van der Waals surface area (Å²) in [6.07, 6.45) is 2.37. The summed E-state index contributed by atoms with van der Waals surface area (Å²) in [6.45, 7) is 5.23. The first kappa shape index (κ1) is 32.3. The molecule has 3 aromatic carbocycles. The Kier molecular flexibility index (Phi) is 11.2. The van der Waals surface area contributed by atoms with Crippen LogP contribution in [0.4, 0.5) is 0 Å². The van der Waals surface area contributed by atoms with Gasteiger partial charge in [0.1, 0.15) is 22.4 Å². The highest BCUT2D eigenvalue weighted by atomic mass is 35.5. The minimum Gasteiger partial charge on any atom is -0.494 e. The number of carboxylic acids is 1. The molecule has 0 bridgehead atoms. The number of carboxylic acid groups (broad SMARTS) is 1. The Balaban J connectivity index is 1.26. The fourth-order valence-electron chi connectivity index (χ4n) is 4.75. The van der Waals surface area contributed by atoms with Crippen LogP contribution in [0, 0.1) is 0 Å². The smallest absolute Gasteiger partial charge is 0.335 e. The van der Waals surface area contributed by atoms with Gasteiger partial charge in [0, 0.05) is 37.3 Å². The lowest BCUT2D eigenvalue weighted by Gasteiger charge is -2.26. The minimum absolute atomic E-state index is 0.168. The van der Waals surface area contributed by atoms with Gasteiger partial charge in [-0.3, -0.25) is 14.6 Å². The molecule has 12 heteroatoms. The molecule has 0 atom stereocenters. The second-order valence-corrected chi connectivity index (χ2v) is 12.5. The van der Waals surface area contributed by atoms with E-state index in [0.717, 1.165) is 49.5 Å². The largest absolute Gasteiger partial charge is 0.494 e. The zero-order valence-corrected chi connectivity index (χ0v) is 26.8. The van der Waals surface area contributed by atoms with Crippen LogP contribution in [0.5, 0.6) is 11.5 Å². The number of carbonyl (C=O) groups excluding carboxylic acids is 1. The van der Waals surface area contributed by atoms with E-state index in [1.54, 1.807) is 23.1 Å². The number of morpholine rings is 1. The molecule has 2 fully saturated rings. The minimum atomic E-state index is -0.993. The highest BCUT2D eigenvalue weighted by molar-refractivity contribution is 8.26. The monoisotopic (exact) mass is 672 g/mol. The molecule has 0 aliphatic carbocycles. The van der Waals surface area contributed by atoms with Crippen LogP contribution >= 0.6 is 47.2 Å². The molecule has 0 saturated carbocycles. The maximum Gasteiger partial charge on any atom is 0.335 e. The summed E-state index contributed by atoms with van der Waals surface area (Å²) < 4.78 is 17.8. The normalized spacial score (nSPS) is 16.5. The number of ether oxygens (including phenoxy) is 3. The van der Waals surface area contributed by atoms with Gasteiger partial charge in [0.2, 0.25) is 0 Å². The molecule has 3 aromatic rings. The van der Waals surface area contributed by atoms with Crippen LogP contribution in [0.3, 0.4) is 0 Å². The molecule has 0 unspecified atom stereocenters. The molecule has 1 amide bonds. The molecule has 2 aliphatic rings. The van der Waals surface area contributed by atoms with E-state index in [1.165, 1.54) is 23.9 Å². The molecule has 44 heavy (non-hydrogen) atoms. The molecule has 0 radical (unpaired) electrons. The number of nitrogens with zero attached hydrogens (tertiary/aromatic N) is 2. The molecule has 2 aliphatic heterocycles. The zero-order chi connectivity index (χ0) is 31.1. The molecular formula is C32H30Cl2N2O6S2. The highest BCUT2D eigenvalue weighted by Gasteiger charge is 2.31. The summed E-state index contributed by atoms with van der Waals surface area (Å²) in [7, 11) is 0. The van der Waals surface area contributed by atoms with E-state index < -0.39 is 5.97 Å². The lowest BCUT2D eigenvalue weighted by Crippen LogP contribution is -2.38. The van der Waals surface area contributed by atoms with E-state index in [2.05, 4.69) is 4.90 Å². The fraction of sp³-hybridized carbons (Fsp3) is 0.281. The first-order valence-electron chi connectivity index (χ1n) is 14.0. The summed E-state index contributed by atoms with van der Waals surface area (Å²) in [5, 5.41) is 9.90. The van der Waals surface area contributed by atoms with Crippen molar-refractivity contribution in [2.45, 2.75) is 6.42 Å². The fourth-order valence-corrected chi connectivity index (χ4v) is 6.46. The van der Waals surface area contributed by atoms with Crippen molar-refractivity contribution < 1.29 is 28.9 Å². The van der Waals surface area contributed by atoms with Crippen molar-refractivity contribution >= 4 is 69.5 Å². The van der Waals surface area contributed by atoms with Crippen molar-refractivity contribution in [1.29, 1.82) is 0 Å². The van der Waals surface area contributed by atoms with Crippen molar-refractivity contribution in [1.82, 2.24) is 9.80 Å². The van der Waals surface area contributed by atoms with Gasteiger partial charge in [-0.05, 0) is 60.5 Å². The number of halogens is 2. The van der Waals surface area contributed by atoms with Crippen LogP contribution in [0.2, 0.25) is 10.0 Å². The molecule has 1 N–H and O–H groups in total. The molecule has 2 heterocycles. The van der Waals surface area contributed by atoms with E-state index >= 15 is 0 Å². The summed E-state index contributed by atoms with van der Waals surface area (Å²) in [5.41, 5.74) is 2.50. The number of hydrogen-bond acceptors (Lipinski definition) is 8. The van der Waals surface area contributed by atoms with Gasteiger partial charge in [-0.2, -0.15) is 0 Å². The third-order valence-corrected chi connectivity index (χ3v) is 9.28. The molecular weight excluding hydrogens is 643 g/mol. The van der Waals surface area contributed by atoms with E-state index in [0.29, 0.717) is 56.9 Å². The van der Waals surface area contributed by atoms with Crippen molar-refractivity contribution in [3.8, 4) is 22.6 Å². The molecule has 8 nitrogen and oxygen atoms in total. The summed E-state index contributed by atoms with van der Waals surface area (Å²) in [4.78, 5) is 28.7. The van der Waals surface area contributed by atoms with Crippen LogP contribution in [0.25, 0.3) is 17.2 Å².